The van der Waals surface area contributed by atoms with Gasteiger partial charge in [0.05, 0.1) is 12.2 Å². The molecule has 10 atom stereocenters. The number of halogens is 1. The van der Waals surface area contributed by atoms with Gasteiger partial charge in [0.25, 0.3) is 11.9 Å². The number of aliphatic hydroxyl groups excluding tert-OH is 2. The van der Waals surface area contributed by atoms with E-state index in [0.717, 1.165) is 32.1 Å². The molecule has 4 aliphatic carbocycles. The second-order valence-electron chi connectivity index (χ2n) is 14.8. The third kappa shape index (κ3) is 8.35. The Morgan fingerprint density at radius 1 is 0.698 bits per heavy atom. The van der Waals surface area contributed by atoms with Crippen LogP contribution >= 0.6 is 15.9 Å². The van der Waals surface area contributed by atoms with E-state index in [2.05, 4.69) is 39.6 Å². The van der Waals surface area contributed by atoms with Crippen LogP contribution in [0, 0.1) is 34.5 Å². The molecule has 0 unspecified atom stereocenters. The first kappa shape index (κ1) is 36.7. The Kier molecular flexibility index (Phi) is 13.8. The molecular weight excluding hydrogens is 612 g/mol. The smallest absolute Gasteiger partial charge is 0.300 e. The molecule has 43 heavy (non-hydrogen) atoms. The summed E-state index contributed by atoms with van der Waals surface area (Å²) in [5, 5.41) is 37.7. The number of carbonyl (C=O) groups is 2. The van der Waals surface area contributed by atoms with Gasteiger partial charge in [-0.2, -0.15) is 0 Å². The fourth-order valence-corrected chi connectivity index (χ4v) is 10.5. The van der Waals surface area contributed by atoms with Crippen molar-refractivity contribution in [2.75, 3.05) is 32.0 Å². The summed E-state index contributed by atoms with van der Waals surface area (Å²) >= 11 is 2.94. The number of carboxylic acids is 2. The van der Waals surface area contributed by atoms with Gasteiger partial charge in [0.2, 0.25) is 0 Å². The normalized spacial score (nSPS) is 42.6. The van der Waals surface area contributed by atoms with Gasteiger partial charge in [-0.15, -0.1) is 0 Å². The Balaban J connectivity index is 0.000000448. The predicted molar refractivity (Wildman–Crippen MR) is 174 cm³/mol. The number of piperidine rings is 2. The van der Waals surface area contributed by atoms with Crippen molar-refractivity contribution in [1.82, 2.24) is 9.80 Å². The van der Waals surface area contributed by atoms with Gasteiger partial charge in [0.1, 0.15) is 0 Å². The molecule has 0 radical (unpaired) electrons. The van der Waals surface area contributed by atoms with Crippen LogP contribution in [0.25, 0.3) is 0 Å². The maximum Gasteiger partial charge on any atom is 0.300 e. The number of hydrogen-bond acceptors (Lipinski definition) is 6. The first-order valence-electron chi connectivity index (χ1n) is 17.0. The Morgan fingerprint density at radius 3 is 1.70 bits per heavy atom. The molecule has 2 aliphatic heterocycles. The van der Waals surface area contributed by atoms with Gasteiger partial charge in [-0.05, 0) is 137 Å². The van der Waals surface area contributed by atoms with Crippen molar-refractivity contribution in [3.8, 4) is 0 Å². The van der Waals surface area contributed by atoms with Crippen LogP contribution in [0.5, 0.6) is 0 Å². The molecule has 2 saturated heterocycles. The molecule has 250 valence electrons. The Morgan fingerprint density at radius 2 is 1.19 bits per heavy atom. The minimum atomic E-state index is -0.833. The number of hydrogen-bond donors (Lipinski definition) is 4. The molecule has 0 amide bonds. The molecule has 6 aliphatic rings. The van der Waals surface area contributed by atoms with Crippen LogP contribution in [0.15, 0.2) is 0 Å². The summed E-state index contributed by atoms with van der Waals surface area (Å²) in [6.45, 7) is 12.1. The maximum atomic E-state index is 11.6. The van der Waals surface area contributed by atoms with Crippen molar-refractivity contribution in [1.29, 1.82) is 0 Å². The molecule has 0 aromatic heterocycles. The van der Waals surface area contributed by atoms with Crippen LogP contribution in [-0.2, 0) is 9.59 Å². The number of likely N-dealkylation sites (tertiary alicyclic amines) is 2. The fourth-order valence-electron chi connectivity index (χ4n) is 10.5. The van der Waals surface area contributed by atoms with E-state index in [1.807, 2.05) is 5.83 Å². The maximum absolute atomic E-state index is 11.6. The van der Waals surface area contributed by atoms with Gasteiger partial charge >= 0.3 is 0 Å². The Hall–Kier alpha value is -0.740. The summed E-state index contributed by atoms with van der Waals surface area (Å²) in [5.41, 5.74) is 0.493. The van der Waals surface area contributed by atoms with Crippen molar-refractivity contribution >= 4 is 27.9 Å². The minimum absolute atomic E-state index is 0.118. The number of aliphatic hydroxyl groups is 2. The van der Waals surface area contributed by atoms with Crippen LogP contribution in [0.1, 0.15) is 111 Å². The van der Waals surface area contributed by atoms with Gasteiger partial charge < -0.3 is 20.4 Å². The van der Waals surface area contributed by atoms with E-state index in [1.54, 1.807) is 0 Å². The molecule has 2 heterocycles. The van der Waals surface area contributed by atoms with Crippen LogP contribution in [0.2, 0.25) is 0 Å². The molecule has 0 aromatic carbocycles. The van der Waals surface area contributed by atoms with Crippen molar-refractivity contribution in [3.63, 3.8) is 0 Å². The zero-order valence-corrected chi connectivity index (χ0v) is 29.1. The number of nitrogens with zero attached hydrogens (tertiary/aromatic N) is 2. The van der Waals surface area contributed by atoms with E-state index in [1.165, 1.54) is 103 Å². The SMILES string of the molecule is CBr.CC(=O)O.CC(=O)O.C[C@]12C[C@H](N3CCCCC3)[C@@H](O)C[C@@H]1CC[C@@H]1[C@@H]2CC[C@]2(C)[C@@H](O)[C@@H](N3CCCCC3)C[C@@H]12. The van der Waals surface area contributed by atoms with Gasteiger partial charge in [-0.25, -0.2) is 0 Å². The summed E-state index contributed by atoms with van der Waals surface area (Å²) in [7, 11) is 0. The monoisotopic (exact) mass is 672 g/mol. The van der Waals surface area contributed by atoms with Gasteiger partial charge in [-0.1, -0.05) is 42.6 Å². The zero-order chi connectivity index (χ0) is 31.9. The van der Waals surface area contributed by atoms with Crippen molar-refractivity contribution in [3.05, 3.63) is 0 Å². The average molecular weight is 674 g/mol. The first-order valence-corrected chi connectivity index (χ1v) is 18.6. The summed E-state index contributed by atoms with van der Waals surface area (Å²) < 4.78 is 0. The highest BCUT2D eigenvalue weighted by Gasteiger charge is 2.63. The van der Waals surface area contributed by atoms with E-state index in [-0.39, 0.29) is 17.6 Å². The number of rotatable bonds is 2. The lowest BCUT2D eigenvalue weighted by molar-refractivity contribution is -0.154. The van der Waals surface area contributed by atoms with E-state index in [0.29, 0.717) is 29.3 Å². The number of carboxylic acid groups (broad SMARTS) is 2. The molecule has 6 rings (SSSR count). The van der Waals surface area contributed by atoms with E-state index in [4.69, 9.17) is 19.8 Å². The molecule has 0 spiro atoms. The molecule has 0 bridgehead atoms. The third-order valence-electron chi connectivity index (χ3n) is 12.4. The summed E-state index contributed by atoms with van der Waals surface area (Å²) in [4.78, 5) is 23.3. The minimum Gasteiger partial charge on any atom is -0.481 e. The van der Waals surface area contributed by atoms with E-state index >= 15 is 0 Å². The summed E-state index contributed by atoms with van der Waals surface area (Å²) in [5.74, 6) is 3.11. The lowest BCUT2D eigenvalue weighted by atomic mass is 9.44. The van der Waals surface area contributed by atoms with Gasteiger partial charge in [0, 0.05) is 25.9 Å². The van der Waals surface area contributed by atoms with Crippen molar-refractivity contribution in [2.24, 2.45) is 34.5 Å². The topological polar surface area (TPSA) is 122 Å². The van der Waals surface area contributed by atoms with Crippen LogP contribution in [0.4, 0.5) is 0 Å². The van der Waals surface area contributed by atoms with Crippen LogP contribution < -0.4 is 0 Å². The van der Waals surface area contributed by atoms with E-state index in [9.17, 15) is 10.2 Å². The summed E-state index contributed by atoms with van der Waals surface area (Å²) in [6.07, 6.45) is 16.4. The quantitative estimate of drug-likeness (QED) is 0.269. The highest BCUT2D eigenvalue weighted by molar-refractivity contribution is 9.08. The molecule has 0 aromatic rings. The molecule has 4 N–H and O–H groups in total. The Labute approximate surface area is 269 Å². The third-order valence-corrected chi connectivity index (χ3v) is 12.4. The lowest BCUT2D eigenvalue weighted by Gasteiger charge is -2.62. The van der Waals surface area contributed by atoms with Gasteiger partial charge in [-0.3, -0.25) is 19.4 Å². The fraction of sp³-hybridized carbons (Fsp3) is 0.941. The van der Waals surface area contributed by atoms with E-state index < -0.39 is 11.9 Å². The molecule has 9 heteroatoms. The average Bonchev–Trinajstić information content (AvgIpc) is 3.25. The first-order chi connectivity index (χ1) is 20.4. The van der Waals surface area contributed by atoms with Crippen LogP contribution in [-0.4, -0.2) is 98.5 Å². The van der Waals surface area contributed by atoms with Crippen molar-refractivity contribution < 1.29 is 30.0 Å². The number of fused-ring (bicyclic) bond motifs is 5. The van der Waals surface area contributed by atoms with Gasteiger partial charge in [0.15, 0.2) is 0 Å². The lowest BCUT2D eigenvalue weighted by Crippen LogP contribution is -2.60. The number of alkyl halides is 1. The molecule has 6 fully saturated rings. The zero-order valence-electron chi connectivity index (χ0n) is 27.5. The largest absolute Gasteiger partial charge is 0.481 e. The second-order valence-corrected chi connectivity index (χ2v) is 14.8. The van der Waals surface area contributed by atoms with Crippen LogP contribution in [0.3, 0.4) is 0 Å². The molecule has 8 nitrogen and oxygen atoms in total. The summed E-state index contributed by atoms with van der Waals surface area (Å²) in [6, 6.07) is 0.785. The predicted octanol–water partition coefficient (Wildman–Crippen LogP) is 5.87. The van der Waals surface area contributed by atoms with Crippen molar-refractivity contribution in [2.45, 2.75) is 135 Å². The molecule has 4 saturated carbocycles. The Bertz CT molecular complexity index is 876. The standard InChI is InChI=1S/C29H50N2O2.2C2H4O2.CH3Br/c1-28-12-11-22-21(23(28)18-24(27(28)33)30-13-5-3-6-14-30)10-9-20-17-26(32)25(19-29(20,22)2)31-15-7-4-8-16-31;2*1-2(3)4;1-2/h20-27,32-33H,3-19H2,1-2H3;2*1H3,(H,3,4);1H3/t20-,21+,22-,23-,24-,25-,26-,27-,28-,29-;;;/m0.../s1. The highest BCUT2D eigenvalue weighted by atomic mass is 79.9. The highest BCUT2D eigenvalue weighted by Crippen LogP contribution is 2.66. The number of aliphatic carboxylic acids is 2. The second kappa shape index (κ2) is 16.2. The molecular formula is C34H61BrN2O6.